The van der Waals surface area contributed by atoms with Crippen LogP contribution in [0.15, 0.2) is 72.8 Å². The summed E-state index contributed by atoms with van der Waals surface area (Å²) >= 11 is 0. The molecule has 1 aliphatic heterocycles. The third-order valence-corrected chi connectivity index (χ3v) is 7.84. The molecule has 4 nitrogen and oxygen atoms in total. The van der Waals surface area contributed by atoms with Crippen LogP contribution < -0.4 is 9.47 Å². The van der Waals surface area contributed by atoms with Gasteiger partial charge in [0.05, 0.1) is 0 Å². The highest BCUT2D eigenvalue weighted by molar-refractivity contribution is 7.85. The predicted octanol–water partition coefficient (Wildman–Crippen LogP) is 7.51. The number of aromatic hydroxyl groups is 1. The minimum atomic E-state index is -0.743. The van der Waals surface area contributed by atoms with E-state index in [0.717, 1.165) is 35.7 Å². The summed E-state index contributed by atoms with van der Waals surface area (Å²) < 4.78 is 23.0. The Hall–Kier alpha value is -2.79. The van der Waals surface area contributed by atoms with Crippen LogP contribution >= 0.6 is 0 Å². The summed E-state index contributed by atoms with van der Waals surface area (Å²) in [5.74, 6) is 2.76. The Morgan fingerprint density at radius 2 is 1.49 bits per heavy atom. The van der Waals surface area contributed by atoms with E-state index in [1.54, 1.807) is 12.1 Å². The molecule has 4 rings (SSSR count). The van der Waals surface area contributed by atoms with Gasteiger partial charge in [0.2, 0.25) is 6.79 Å². The maximum Gasteiger partial charge on any atom is 0.231 e. The Labute approximate surface area is 212 Å². The first-order chi connectivity index (χ1) is 17.1. The summed E-state index contributed by atoms with van der Waals surface area (Å²) in [4.78, 5) is 0. The van der Waals surface area contributed by atoms with E-state index in [0.29, 0.717) is 12.5 Å². The van der Waals surface area contributed by atoms with Crippen molar-refractivity contribution in [3.8, 4) is 28.4 Å². The van der Waals surface area contributed by atoms with Gasteiger partial charge in [-0.05, 0) is 53.8 Å². The van der Waals surface area contributed by atoms with Gasteiger partial charge in [0.15, 0.2) is 11.5 Å². The van der Waals surface area contributed by atoms with Gasteiger partial charge in [-0.3, -0.25) is 4.21 Å². The van der Waals surface area contributed by atoms with Crippen LogP contribution in [-0.4, -0.2) is 27.1 Å². The van der Waals surface area contributed by atoms with Crippen LogP contribution in [0.4, 0.5) is 0 Å². The second-order valence-electron chi connectivity index (χ2n) is 8.97. The van der Waals surface area contributed by atoms with Crippen molar-refractivity contribution in [2.24, 2.45) is 0 Å². The van der Waals surface area contributed by atoms with E-state index >= 15 is 0 Å². The average molecular weight is 495 g/mol. The summed E-state index contributed by atoms with van der Waals surface area (Å²) in [6.45, 7) is 4.61. The van der Waals surface area contributed by atoms with Crippen LogP contribution in [0.5, 0.6) is 17.2 Å². The summed E-state index contributed by atoms with van der Waals surface area (Å²) in [6, 6.07) is 23.3. The number of benzene rings is 3. The van der Waals surface area contributed by atoms with Gasteiger partial charge in [-0.15, -0.1) is 0 Å². The lowest BCUT2D eigenvalue weighted by atomic mass is 10.1. The molecule has 2 unspecified atom stereocenters. The van der Waals surface area contributed by atoms with E-state index in [4.69, 9.17) is 14.6 Å². The summed E-state index contributed by atoms with van der Waals surface area (Å²) in [5, 5.41) is 9.29. The van der Waals surface area contributed by atoms with Gasteiger partial charge in [-0.2, -0.15) is 0 Å². The molecule has 188 valence electrons. The largest absolute Gasteiger partial charge is 0.508 e. The molecule has 0 saturated heterocycles. The van der Waals surface area contributed by atoms with E-state index in [2.05, 4.69) is 13.8 Å². The minimum Gasteiger partial charge on any atom is -0.508 e. The van der Waals surface area contributed by atoms with Gasteiger partial charge in [0, 0.05) is 21.8 Å². The fourth-order valence-corrected chi connectivity index (χ4v) is 5.27. The van der Waals surface area contributed by atoms with Crippen LogP contribution in [0, 0.1) is 0 Å². The second kappa shape index (κ2) is 14.6. The van der Waals surface area contributed by atoms with Gasteiger partial charge in [-0.1, -0.05) is 94.5 Å². The molecule has 0 saturated carbocycles. The summed E-state index contributed by atoms with van der Waals surface area (Å²) in [6.07, 6.45) is 8.32. The Morgan fingerprint density at radius 3 is 2.23 bits per heavy atom. The summed E-state index contributed by atoms with van der Waals surface area (Å²) in [7, 11) is -0.743. The van der Waals surface area contributed by atoms with Crippen molar-refractivity contribution in [2.45, 2.75) is 64.0 Å². The highest BCUT2D eigenvalue weighted by Crippen LogP contribution is 2.33. The lowest BCUT2D eigenvalue weighted by Gasteiger charge is -2.12. The number of hydrogen-bond acceptors (Lipinski definition) is 4. The molecule has 0 aliphatic carbocycles. The van der Waals surface area contributed by atoms with Crippen LogP contribution in [-0.2, 0) is 17.2 Å². The number of hydrogen-bond donors (Lipinski definition) is 1. The molecule has 1 heterocycles. The third kappa shape index (κ3) is 9.06. The first-order valence-corrected chi connectivity index (χ1v) is 14.0. The van der Waals surface area contributed by atoms with Gasteiger partial charge >= 0.3 is 0 Å². The topological polar surface area (TPSA) is 55.8 Å². The molecular weight excluding hydrogens is 456 g/mol. The van der Waals surface area contributed by atoms with Crippen LogP contribution in [0.1, 0.15) is 57.9 Å². The van der Waals surface area contributed by atoms with Crippen LogP contribution in [0.2, 0.25) is 0 Å². The van der Waals surface area contributed by atoms with Crippen molar-refractivity contribution >= 4 is 10.8 Å². The molecular formula is C30H38O4S. The highest BCUT2D eigenvalue weighted by atomic mass is 32.2. The number of fused-ring (bicyclic) bond motifs is 1. The van der Waals surface area contributed by atoms with E-state index in [9.17, 15) is 4.21 Å². The molecule has 35 heavy (non-hydrogen) atoms. The highest BCUT2D eigenvalue weighted by Gasteiger charge is 2.16. The zero-order chi connectivity index (χ0) is 24.9. The molecule has 5 heteroatoms. The van der Waals surface area contributed by atoms with Crippen LogP contribution in [0.25, 0.3) is 11.1 Å². The molecule has 0 amide bonds. The zero-order valence-corrected chi connectivity index (χ0v) is 21.8. The molecule has 2 atom stereocenters. The van der Waals surface area contributed by atoms with E-state index < -0.39 is 10.8 Å². The molecule has 1 N–H and O–H groups in total. The zero-order valence-electron chi connectivity index (χ0n) is 20.9. The van der Waals surface area contributed by atoms with E-state index in [-0.39, 0.29) is 5.25 Å². The lowest BCUT2D eigenvalue weighted by molar-refractivity contribution is 0.174. The molecule has 3 aromatic carbocycles. The number of phenols is 1. The third-order valence-electron chi connectivity index (χ3n) is 6.08. The molecule has 3 aromatic rings. The maximum atomic E-state index is 12.3. The van der Waals surface area contributed by atoms with Crippen molar-refractivity contribution in [1.29, 1.82) is 0 Å². The number of rotatable bonds is 11. The van der Waals surface area contributed by atoms with Crippen LogP contribution in [0.3, 0.4) is 0 Å². The van der Waals surface area contributed by atoms with Crippen molar-refractivity contribution in [1.82, 2.24) is 0 Å². The lowest BCUT2D eigenvalue weighted by Crippen LogP contribution is -2.16. The van der Waals surface area contributed by atoms with Crippen molar-refractivity contribution < 1.29 is 18.8 Å². The monoisotopic (exact) mass is 494 g/mol. The summed E-state index contributed by atoms with van der Waals surface area (Å²) in [5.41, 5.74) is 3.47. The number of phenolic OH excluding ortho intramolecular Hbond substituents is 1. The van der Waals surface area contributed by atoms with Crippen molar-refractivity contribution in [3.05, 3.63) is 78.4 Å². The second-order valence-corrected chi connectivity index (χ2v) is 10.9. The van der Waals surface area contributed by atoms with Gasteiger partial charge in [0.1, 0.15) is 5.75 Å². The Balaban J connectivity index is 0.000000223. The normalized spacial score (nSPS) is 13.5. The van der Waals surface area contributed by atoms with Gasteiger partial charge in [0.25, 0.3) is 0 Å². The van der Waals surface area contributed by atoms with Crippen molar-refractivity contribution in [3.63, 3.8) is 0 Å². The molecule has 0 spiro atoms. The molecule has 0 radical (unpaired) electrons. The first-order valence-electron chi connectivity index (χ1n) is 12.7. The quantitative estimate of drug-likeness (QED) is 0.280. The van der Waals surface area contributed by atoms with Crippen molar-refractivity contribution in [2.75, 3.05) is 12.5 Å². The molecule has 0 aromatic heterocycles. The van der Waals surface area contributed by atoms with Gasteiger partial charge in [-0.25, -0.2) is 0 Å². The predicted molar refractivity (Wildman–Crippen MR) is 146 cm³/mol. The van der Waals surface area contributed by atoms with Gasteiger partial charge < -0.3 is 14.6 Å². The average Bonchev–Trinajstić information content (AvgIpc) is 3.35. The standard InChI is InChI=1S/C18H28O3S.C12H10O/c1-3-4-5-6-7-8-11-22(19)15(2)12-16-9-10-17-18(13-16)21-14-20-17;13-12-8-6-11(7-9-12)10-4-2-1-3-5-10/h9-10,13,15H,3-8,11-12,14H2,1-2H3;1-9,13H. The maximum absolute atomic E-state index is 12.3. The smallest absolute Gasteiger partial charge is 0.231 e. The fourth-order valence-electron chi connectivity index (χ4n) is 4.00. The molecule has 1 aliphatic rings. The Bertz CT molecular complexity index is 1030. The fraction of sp³-hybridized carbons (Fsp3) is 0.400. The molecule has 0 fully saturated rings. The Morgan fingerprint density at radius 1 is 0.829 bits per heavy atom. The van der Waals surface area contributed by atoms with E-state index in [1.807, 2.05) is 60.7 Å². The number of ether oxygens (including phenoxy) is 2. The minimum absolute atomic E-state index is 0.191. The van der Waals surface area contributed by atoms with E-state index in [1.165, 1.54) is 43.2 Å². The first kappa shape index (κ1) is 26.8. The Kier molecular flexibility index (Phi) is 11.2. The number of unbranched alkanes of at least 4 members (excludes halogenated alkanes) is 5. The SMILES string of the molecule is CCCCCCCCS(=O)C(C)Cc1ccc2c(c1)OCO2.Oc1ccc(-c2ccccc2)cc1. The molecule has 0 bridgehead atoms.